The average molecular weight is 491 g/mol. The molecule has 2 aromatic heterocycles. The molecule has 9 heteroatoms. The van der Waals surface area contributed by atoms with Crippen molar-refractivity contribution in [3.63, 3.8) is 0 Å². The second kappa shape index (κ2) is 9.94. The number of hydrogen-bond acceptors (Lipinski definition) is 8. The van der Waals surface area contributed by atoms with Crippen molar-refractivity contribution in [2.75, 3.05) is 26.6 Å². The second-order valence-electron chi connectivity index (χ2n) is 7.50. The van der Waals surface area contributed by atoms with Gasteiger partial charge in [0.1, 0.15) is 15.6 Å². The smallest absolute Gasteiger partial charge is 0.348 e. The van der Waals surface area contributed by atoms with Gasteiger partial charge in [0, 0.05) is 10.9 Å². The van der Waals surface area contributed by atoms with E-state index in [2.05, 4.69) is 5.32 Å². The highest BCUT2D eigenvalue weighted by atomic mass is 32.1. The maximum atomic E-state index is 13.5. The lowest BCUT2D eigenvalue weighted by Crippen LogP contribution is -2.15. The number of esters is 2. The summed E-state index contributed by atoms with van der Waals surface area (Å²) < 4.78 is 15.0. The van der Waals surface area contributed by atoms with Crippen LogP contribution < -0.4 is 10.1 Å². The van der Waals surface area contributed by atoms with E-state index in [1.807, 2.05) is 42.5 Å². The molecule has 0 fully saturated rings. The molecule has 4 aromatic rings. The average Bonchev–Trinajstić information content (AvgIpc) is 3.22. The quantitative estimate of drug-likeness (QED) is 0.375. The maximum Gasteiger partial charge on any atom is 0.348 e. The molecule has 0 aliphatic heterocycles. The Labute approximate surface area is 205 Å². The molecule has 0 bridgehead atoms. The molecule has 4 rings (SSSR count). The largest absolute Gasteiger partial charge is 0.497 e. The van der Waals surface area contributed by atoms with Gasteiger partial charge in [0.15, 0.2) is 0 Å². The molecule has 0 atom stereocenters. The van der Waals surface area contributed by atoms with Crippen molar-refractivity contribution in [2.24, 2.45) is 0 Å². The van der Waals surface area contributed by atoms with Crippen molar-refractivity contribution in [3.8, 4) is 17.0 Å². The highest BCUT2D eigenvalue weighted by Gasteiger charge is 2.27. The Morgan fingerprint density at radius 1 is 0.914 bits per heavy atom. The van der Waals surface area contributed by atoms with Crippen molar-refractivity contribution in [2.45, 2.75) is 6.92 Å². The number of carbonyl (C=O) groups excluding carboxylic acids is 3. The fraction of sp³-hybridized carbons (Fsp3) is 0.154. The molecular formula is C26H22N2O6S. The molecule has 1 amide bonds. The molecular weight excluding hydrogens is 468 g/mol. The third-order valence-electron chi connectivity index (χ3n) is 5.46. The molecule has 2 heterocycles. The summed E-state index contributed by atoms with van der Waals surface area (Å²) in [6.45, 7) is 1.60. The van der Waals surface area contributed by atoms with E-state index in [0.29, 0.717) is 33.5 Å². The van der Waals surface area contributed by atoms with Crippen molar-refractivity contribution in [3.05, 3.63) is 76.2 Å². The van der Waals surface area contributed by atoms with Crippen molar-refractivity contribution >= 4 is 45.1 Å². The minimum Gasteiger partial charge on any atom is -0.497 e. The van der Waals surface area contributed by atoms with Gasteiger partial charge in [-0.1, -0.05) is 30.3 Å². The van der Waals surface area contributed by atoms with Crippen LogP contribution in [0.5, 0.6) is 5.75 Å². The first kappa shape index (κ1) is 23.9. The molecule has 8 nitrogen and oxygen atoms in total. The third kappa shape index (κ3) is 4.58. The number of ether oxygens (including phenoxy) is 3. The van der Waals surface area contributed by atoms with Gasteiger partial charge in [0.2, 0.25) is 0 Å². The predicted molar refractivity (Wildman–Crippen MR) is 133 cm³/mol. The zero-order chi connectivity index (χ0) is 25.1. The maximum absolute atomic E-state index is 13.5. The van der Waals surface area contributed by atoms with Crippen LogP contribution in [0.15, 0.2) is 54.6 Å². The number of rotatable bonds is 6. The van der Waals surface area contributed by atoms with E-state index in [4.69, 9.17) is 19.2 Å². The number of fused-ring (bicyclic) bond motifs is 1. The normalized spacial score (nSPS) is 10.6. The van der Waals surface area contributed by atoms with E-state index in [1.54, 1.807) is 26.2 Å². The van der Waals surface area contributed by atoms with Gasteiger partial charge in [-0.25, -0.2) is 14.6 Å². The molecule has 0 radical (unpaired) electrons. The van der Waals surface area contributed by atoms with Crippen molar-refractivity contribution in [1.82, 2.24) is 4.98 Å². The monoisotopic (exact) mass is 490 g/mol. The minimum atomic E-state index is -0.666. The zero-order valence-corrected chi connectivity index (χ0v) is 20.3. The van der Waals surface area contributed by atoms with Crippen LogP contribution in [0.4, 0.5) is 5.00 Å². The Morgan fingerprint density at radius 2 is 1.66 bits per heavy atom. The van der Waals surface area contributed by atoms with Crippen LogP contribution in [0.25, 0.3) is 22.2 Å². The summed E-state index contributed by atoms with van der Waals surface area (Å²) in [7, 11) is 4.07. The number of nitrogens with one attached hydrogen (secondary N) is 1. The Kier molecular flexibility index (Phi) is 6.79. The lowest BCUT2D eigenvalue weighted by Gasteiger charge is -2.11. The first-order chi connectivity index (χ1) is 16.9. The molecule has 35 heavy (non-hydrogen) atoms. The number of aromatic nitrogens is 1. The highest BCUT2D eigenvalue weighted by molar-refractivity contribution is 7.18. The van der Waals surface area contributed by atoms with Gasteiger partial charge in [-0.05, 0) is 36.8 Å². The topological polar surface area (TPSA) is 104 Å². The third-order valence-corrected chi connectivity index (χ3v) is 6.65. The van der Waals surface area contributed by atoms with Gasteiger partial charge in [0.25, 0.3) is 5.91 Å². The lowest BCUT2D eigenvalue weighted by atomic mass is 10.0. The van der Waals surface area contributed by atoms with Gasteiger partial charge < -0.3 is 19.5 Å². The summed E-state index contributed by atoms with van der Waals surface area (Å²) in [5.41, 5.74) is 2.83. The van der Waals surface area contributed by atoms with Crippen molar-refractivity contribution in [1.29, 1.82) is 0 Å². The lowest BCUT2D eigenvalue weighted by molar-refractivity contribution is 0.0601. The molecule has 178 valence electrons. The van der Waals surface area contributed by atoms with E-state index >= 15 is 0 Å². The van der Waals surface area contributed by atoms with E-state index in [9.17, 15) is 14.4 Å². The van der Waals surface area contributed by atoms with Gasteiger partial charge in [-0.2, -0.15) is 0 Å². The summed E-state index contributed by atoms with van der Waals surface area (Å²) in [4.78, 5) is 43.1. The summed E-state index contributed by atoms with van der Waals surface area (Å²) >= 11 is 0.957. The Morgan fingerprint density at radius 3 is 2.37 bits per heavy atom. The number of amides is 1. The first-order valence-electron chi connectivity index (χ1n) is 10.5. The molecule has 1 N–H and O–H groups in total. The number of hydrogen-bond donors (Lipinski definition) is 1. The molecule has 2 aromatic carbocycles. The van der Waals surface area contributed by atoms with Gasteiger partial charge in [-0.15, -0.1) is 11.3 Å². The van der Waals surface area contributed by atoms with Crippen LogP contribution >= 0.6 is 11.3 Å². The first-order valence-corrected chi connectivity index (χ1v) is 11.3. The van der Waals surface area contributed by atoms with Crippen molar-refractivity contribution < 1.29 is 28.6 Å². The van der Waals surface area contributed by atoms with E-state index in [1.165, 1.54) is 14.2 Å². The van der Waals surface area contributed by atoms with E-state index in [-0.39, 0.29) is 15.4 Å². The number of carbonyl (C=O) groups is 3. The molecule has 0 spiro atoms. The second-order valence-corrected chi connectivity index (χ2v) is 8.52. The van der Waals surface area contributed by atoms with Crippen LogP contribution in [0.2, 0.25) is 0 Å². The SMILES string of the molecule is COC(=O)c1sc(NC(=O)c2cc(-c3cccc(OC)c3)nc3ccccc23)c(C(=O)OC)c1C. The molecule has 0 aliphatic rings. The molecule has 0 aliphatic carbocycles. The highest BCUT2D eigenvalue weighted by Crippen LogP contribution is 2.35. The van der Waals surface area contributed by atoms with E-state index < -0.39 is 17.8 Å². The zero-order valence-electron chi connectivity index (χ0n) is 19.5. The number of anilines is 1. The number of para-hydroxylation sites is 1. The Bertz CT molecular complexity index is 1460. The van der Waals surface area contributed by atoms with Crippen LogP contribution in [-0.2, 0) is 9.47 Å². The van der Waals surface area contributed by atoms with E-state index in [0.717, 1.165) is 16.9 Å². The molecule has 0 saturated carbocycles. The fourth-order valence-corrected chi connectivity index (χ4v) is 4.81. The molecule has 0 saturated heterocycles. The summed E-state index contributed by atoms with van der Waals surface area (Å²) in [5, 5.41) is 3.63. The van der Waals surface area contributed by atoms with Crippen LogP contribution in [-0.4, -0.2) is 44.2 Å². The van der Waals surface area contributed by atoms with Gasteiger partial charge >= 0.3 is 11.9 Å². The fourth-order valence-electron chi connectivity index (χ4n) is 3.70. The summed E-state index contributed by atoms with van der Waals surface area (Å²) in [6.07, 6.45) is 0. The number of nitrogens with zero attached hydrogens (tertiary/aromatic N) is 1. The Balaban J connectivity index is 1.82. The van der Waals surface area contributed by atoms with Crippen LogP contribution in [0.3, 0.4) is 0 Å². The molecule has 0 unspecified atom stereocenters. The number of methoxy groups -OCH3 is 3. The number of benzene rings is 2. The number of thiophene rings is 1. The van der Waals surface area contributed by atoms with Gasteiger partial charge in [-0.3, -0.25) is 4.79 Å². The Hall–Kier alpha value is -4.24. The predicted octanol–water partition coefficient (Wildman–Crippen LogP) is 5.11. The summed E-state index contributed by atoms with van der Waals surface area (Å²) in [5.74, 6) is -1.07. The number of pyridine rings is 1. The van der Waals surface area contributed by atoms with Crippen LogP contribution in [0.1, 0.15) is 36.0 Å². The summed E-state index contributed by atoms with van der Waals surface area (Å²) in [6, 6.07) is 16.3. The standard InChI is InChI=1S/C26H22N2O6S/c1-14-21(25(30)33-3)24(35-22(14)26(31)34-4)28-23(29)18-13-20(15-8-7-9-16(12-15)32-2)27-19-11-6-5-10-17(18)19/h5-13H,1-4H3,(H,28,29). The minimum absolute atomic E-state index is 0.109. The van der Waals surface area contributed by atoms with Gasteiger partial charge in [0.05, 0.1) is 43.7 Å². The van der Waals surface area contributed by atoms with Crippen LogP contribution in [0, 0.1) is 6.92 Å².